The minimum atomic E-state index is -0.0983. The molecule has 0 saturated carbocycles. The van der Waals surface area contributed by atoms with E-state index in [4.69, 9.17) is 4.74 Å². The molecule has 0 bridgehead atoms. The van der Waals surface area contributed by atoms with Gasteiger partial charge in [-0.3, -0.25) is 4.79 Å². The lowest BCUT2D eigenvalue weighted by Gasteiger charge is -2.23. The van der Waals surface area contributed by atoms with Crippen LogP contribution in [0.3, 0.4) is 0 Å². The lowest BCUT2D eigenvalue weighted by molar-refractivity contribution is -0.140. The summed E-state index contributed by atoms with van der Waals surface area (Å²) in [6.45, 7) is 4.42. The van der Waals surface area contributed by atoms with E-state index < -0.39 is 0 Å². The molecule has 0 fully saturated rings. The fourth-order valence-corrected chi connectivity index (χ4v) is 3.62. The molecular weight excluding hydrogens is 348 g/mol. The first-order valence-corrected chi connectivity index (χ1v) is 10.5. The van der Waals surface area contributed by atoms with Crippen LogP contribution in [0.4, 0.5) is 0 Å². The van der Waals surface area contributed by atoms with E-state index in [1.54, 1.807) is 0 Å². The highest BCUT2D eigenvalue weighted by Crippen LogP contribution is 2.19. The molecule has 0 heterocycles. The molecule has 0 atom stereocenters. The summed E-state index contributed by atoms with van der Waals surface area (Å²) < 4.78 is 4.72. The van der Waals surface area contributed by atoms with Crippen molar-refractivity contribution in [2.24, 2.45) is 0 Å². The van der Waals surface area contributed by atoms with Gasteiger partial charge in [-0.2, -0.15) is 0 Å². The van der Waals surface area contributed by atoms with Crippen LogP contribution in [0.1, 0.15) is 37.7 Å². The van der Waals surface area contributed by atoms with Crippen molar-refractivity contribution in [1.29, 1.82) is 0 Å². The van der Waals surface area contributed by atoms with Crippen LogP contribution in [0.5, 0.6) is 0 Å². The second kappa shape index (κ2) is 12.5. The maximum Gasteiger partial charge on any atom is 0.305 e. The van der Waals surface area contributed by atoms with Gasteiger partial charge in [-0.05, 0) is 75.7 Å². The predicted octanol–water partition coefficient (Wildman–Crippen LogP) is 4.37. The number of nitrogens with zero attached hydrogens (tertiary/aromatic N) is 2. The zero-order chi connectivity index (χ0) is 20.2. The highest BCUT2D eigenvalue weighted by molar-refractivity contribution is 5.85. The van der Waals surface area contributed by atoms with Crippen molar-refractivity contribution in [3.8, 4) is 0 Å². The van der Waals surface area contributed by atoms with Crippen molar-refractivity contribution >= 4 is 16.7 Å². The van der Waals surface area contributed by atoms with Crippen LogP contribution in [0.2, 0.25) is 0 Å². The molecule has 0 N–H and O–H groups in total. The summed E-state index contributed by atoms with van der Waals surface area (Å²) in [5.41, 5.74) is 1.43. The number of carbonyl (C=O) groups excluding carboxylic acids is 1. The van der Waals surface area contributed by atoms with Crippen LogP contribution in [0, 0.1) is 0 Å². The van der Waals surface area contributed by atoms with E-state index in [9.17, 15) is 4.79 Å². The van der Waals surface area contributed by atoms with Crippen LogP contribution >= 0.6 is 0 Å². The Morgan fingerprint density at radius 1 is 0.857 bits per heavy atom. The van der Waals surface area contributed by atoms with Crippen LogP contribution in [0.25, 0.3) is 10.8 Å². The molecule has 0 saturated heterocycles. The third-order valence-electron chi connectivity index (χ3n) is 5.24. The number of carbonyl (C=O) groups is 1. The Balaban J connectivity index is 1.86. The lowest BCUT2D eigenvalue weighted by Crippen LogP contribution is -2.30. The number of benzene rings is 2. The highest BCUT2D eigenvalue weighted by atomic mass is 16.5. The minimum Gasteiger partial charge on any atom is -0.469 e. The Labute approximate surface area is 170 Å². The van der Waals surface area contributed by atoms with E-state index in [0.29, 0.717) is 6.42 Å². The van der Waals surface area contributed by atoms with Crippen LogP contribution in [-0.2, 0) is 16.0 Å². The first kappa shape index (κ1) is 22.4. The predicted molar refractivity (Wildman–Crippen MR) is 118 cm³/mol. The Bertz CT molecular complexity index is 709. The Kier molecular flexibility index (Phi) is 10.0. The average Bonchev–Trinajstić information content (AvgIpc) is 2.70. The smallest absolute Gasteiger partial charge is 0.305 e. The molecule has 4 heteroatoms. The van der Waals surface area contributed by atoms with Gasteiger partial charge < -0.3 is 14.5 Å². The quantitative estimate of drug-likeness (QED) is 0.379. The third-order valence-corrected chi connectivity index (χ3v) is 5.24. The fourth-order valence-electron chi connectivity index (χ4n) is 3.62. The van der Waals surface area contributed by atoms with Gasteiger partial charge in [0.1, 0.15) is 0 Å². The first-order valence-electron chi connectivity index (χ1n) is 10.5. The van der Waals surface area contributed by atoms with E-state index in [1.165, 1.54) is 29.9 Å². The zero-order valence-electron chi connectivity index (χ0n) is 17.8. The van der Waals surface area contributed by atoms with Crippen molar-refractivity contribution < 1.29 is 9.53 Å². The molecule has 0 amide bonds. The molecule has 0 aromatic heterocycles. The van der Waals surface area contributed by atoms with Gasteiger partial charge in [-0.15, -0.1) is 0 Å². The maximum atomic E-state index is 11.2. The first-order chi connectivity index (χ1) is 13.6. The normalized spacial score (nSPS) is 11.5. The minimum absolute atomic E-state index is 0.0983. The average molecular weight is 385 g/mol. The molecule has 0 radical (unpaired) electrons. The van der Waals surface area contributed by atoms with E-state index in [2.05, 4.69) is 66.4 Å². The second-order valence-corrected chi connectivity index (χ2v) is 7.77. The van der Waals surface area contributed by atoms with Gasteiger partial charge in [0.25, 0.3) is 0 Å². The molecule has 4 nitrogen and oxygen atoms in total. The molecule has 0 aliphatic heterocycles. The summed E-state index contributed by atoms with van der Waals surface area (Å²) in [6.07, 6.45) is 5.92. The lowest BCUT2D eigenvalue weighted by atomic mass is 10.0. The summed E-state index contributed by atoms with van der Waals surface area (Å²) >= 11 is 0. The largest absolute Gasteiger partial charge is 0.469 e. The van der Waals surface area contributed by atoms with E-state index in [1.807, 2.05) is 0 Å². The molecule has 2 rings (SSSR count). The number of hydrogen-bond donors (Lipinski definition) is 0. The third kappa shape index (κ3) is 7.99. The van der Waals surface area contributed by atoms with Gasteiger partial charge in [0.2, 0.25) is 0 Å². The summed E-state index contributed by atoms with van der Waals surface area (Å²) in [7, 11) is 5.72. The molecule has 2 aromatic carbocycles. The maximum absolute atomic E-state index is 11.2. The number of ether oxygens (including phenoxy) is 1. The molecular formula is C24H36N2O2. The van der Waals surface area contributed by atoms with Gasteiger partial charge in [0, 0.05) is 13.0 Å². The molecule has 0 unspecified atom stereocenters. The van der Waals surface area contributed by atoms with Crippen LogP contribution in [-0.4, -0.2) is 63.2 Å². The second-order valence-electron chi connectivity index (χ2n) is 7.77. The van der Waals surface area contributed by atoms with Crippen molar-refractivity contribution in [1.82, 2.24) is 9.80 Å². The summed E-state index contributed by atoms with van der Waals surface area (Å²) in [5.74, 6) is -0.0983. The van der Waals surface area contributed by atoms with Gasteiger partial charge in [-0.1, -0.05) is 48.9 Å². The molecule has 0 spiro atoms. The summed E-state index contributed by atoms with van der Waals surface area (Å²) in [6, 6.07) is 15.3. The van der Waals surface area contributed by atoms with E-state index >= 15 is 0 Å². The van der Waals surface area contributed by atoms with Crippen molar-refractivity contribution in [2.75, 3.05) is 47.4 Å². The van der Waals surface area contributed by atoms with Gasteiger partial charge in [0.15, 0.2) is 0 Å². The number of unbranched alkanes of at least 4 members (excludes halogenated alkanes) is 2. The standard InChI is InChI=1S/C24H36N2O2/c1-25(2)17-10-19-26(18-8-4-5-15-24(27)28-3)20-16-22-13-9-12-21-11-6-7-14-23(21)22/h6-7,9,11-14H,4-5,8,10,15-20H2,1-3H3. The van der Waals surface area contributed by atoms with Crippen molar-refractivity contribution in [3.05, 3.63) is 48.0 Å². The van der Waals surface area contributed by atoms with Crippen LogP contribution in [0.15, 0.2) is 42.5 Å². The number of methoxy groups -OCH3 is 1. The number of fused-ring (bicyclic) bond motifs is 1. The fraction of sp³-hybridized carbons (Fsp3) is 0.542. The topological polar surface area (TPSA) is 32.8 Å². The highest BCUT2D eigenvalue weighted by Gasteiger charge is 2.08. The van der Waals surface area contributed by atoms with Gasteiger partial charge in [0.05, 0.1) is 7.11 Å². The van der Waals surface area contributed by atoms with Gasteiger partial charge in [-0.25, -0.2) is 0 Å². The summed E-state index contributed by atoms with van der Waals surface area (Å²) in [4.78, 5) is 16.1. The summed E-state index contributed by atoms with van der Waals surface area (Å²) in [5, 5.41) is 2.69. The molecule has 2 aromatic rings. The SMILES string of the molecule is COC(=O)CCCCCN(CCCN(C)C)CCc1cccc2ccccc12. The number of hydrogen-bond acceptors (Lipinski definition) is 4. The zero-order valence-corrected chi connectivity index (χ0v) is 17.8. The van der Waals surface area contributed by atoms with E-state index in [-0.39, 0.29) is 5.97 Å². The van der Waals surface area contributed by atoms with E-state index in [0.717, 1.165) is 51.9 Å². The number of esters is 1. The Morgan fingerprint density at radius 3 is 2.39 bits per heavy atom. The molecule has 0 aliphatic carbocycles. The Hall–Kier alpha value is -1.91. The van der Waals surface area contributed by atoms with Gasteiger partial charge >= 0.3 is 5.97 Å². The monoisotopic (exact) mass is 384 g/mol. The molecule has 28 heavy (non-hydrogen) atoms. The van der Waals surface area contributed by atoms with Crippen LogP contribution < -0.4 is 0 Å². The Morgan fingerprint density at radius 2 is 1.61 bits per heavy atom. The van der Waals surface area contributed by atoms with Crippen molar-refractivity contribution in [2.45, 2.75) is 38.5 Å². The molecule has 0 aliphatic rings. The van der Waals surface area contributed by atoms with Crippen molar-refractivity contribution in [3.63, 3.8) is 0 Å². The molecule has 154 valence electrons. The number of rotatable bonds is 13.